The van der Waals surface area contributed by atoms with E-state index in [0.717, 1.165) is 23.1 Å². The van der Waals surface area contributed by atoms with Crippen LogP contribution in [0.5, 0.6) is 0 Å². The third kappa shape index (κ3) is 5.91. The number of aromatic nitrogens is 2. The summed E-state index contributed by atoms with van der Waals surface area (Å²) < 4.78 is 11.2. The van der Waals surface area contributed by atoms with Crippen LogP contribution >= 0.6 is 0 Å². The molecule has 0 unspecified atom stereocenters. The highest BCUT2D eigenvalue weighted by molar-refractivity contribution is 5.83. The van der Waals surface area contributed by atoms with Gasteiger partial charge in [0, 0.05) is 5.56 Å². The molecule has 0 spiro atoms. The van der Waals surface area contributed by atoms with E-state index >= 15 is 0 Å². The topological polar surface area (TPSA) is 103 Å². The first-order valence-corrected chi connectivity index (χ1v) is 10.2. The Hall–Kier alpha value is -3.68. The summed E-state index contributed by atoms with van der Waals surface area (Å²) in [5, 5.41) is 6.94. The summed E-state index contributed by atoms with van der Waals surface area (Å²) in [5.41, 5.74) is 1.60. The second kappa shape index (κ2) is 10.4. The molecule has 3 rings (SSSR count). The van der Waals surface area contributed by atoms with Crippen LogP contribution < -0.4 is 11.1 Å². The normalized spacial score (nSPS) is 12.7. The van der Waals surface area contributed by atoms with Crippen LogP contribution in [0.1, 0.15) is 38.3 Å². The number of carbonyl (C=O) groups excluding carboxylic acids is 2. The lowest BCUT2D eigenvalue weighted by Gasteiger charge is -2.21. The molecule has 31 heavy (non-hydrogen) atoms. The van der Waals surface area contributed by atoms with Gasteiger partial charge in [0.15, 0.2) is 6.10 Å². The maximum absolute atomic E-state index is 12.6. The Kier molecular flexibility index (Phi) is 7.37. The zero-order chi connectivity index (χ0) is 22.2. The number of carbonyl (C=O) groups is 2. The molecular formula is C23H25N3O5. The van der Waals surface area contributed by atoms with E-state index in [1.165, 1.54) is 6.92 Å². The fourth-order valence-corrected chi connectivity index (χ4v) is 3.10. The molecule has 0 aliphatic heterocycles. The number of ether oxygens (including phenoxy) is 1. The van der Waals surface area contributed by atoms with Gasteiger partial charge in [0.1, 0.15) is 6.54 Å². The summed E-state index contributed by atoms with van der Waals surface area (Å²) >= 11 is 0. The number of hydrogen-bond acceptors (Lipinski definition) is 6. The van der Waals surface area contributed by atoms with Crippen molar-refractivity contribution >= 4 is 11.9 Å². The molecule has 0 saturated carbocycles. The van der Waals surface area contributed by atoms with Gasteiger partial charge in [-0.25, -0.2) is 4.79 Å². The minimum atomic E-state index is -1.02. The van der Waals surface area contributed by atoms with Crippen LogP contribution in [0.4, 0.5) is 0 Å². The average Bonchev–Trinajstić information content (AvgIpc) is 3.14. The minimum absolute atomic E-state index is 0.106. The Bertz CT molecular complexity index is 1060. The number of benzene rings is 2. The highest BCUT2D eigenvalue weighted by Crippen LogP contribution is 2.18. The predicted molar refractivity (Wildman–Crippen MR) is 114 cm³/mol. The van der Waals surface area contributed by atoms with Gasteiger partial charge in [-0.3, -0.25) is 9.59 Å². The number of esters is 1. The van der Waals surface area contributed by atoms with Crippen molar-refractivity contribution in [2.24, 2.45) is 0 Å². The first-order chi connectivity index (χ1) is 15.0. The minimum Gasteiger partial charge on any atom is -0.451 e. The van der Waals surface area contributed by atoms with Crippen molar-refractivity contribution in [1.29, 1.82) is 0 Å². The van der Waals surface area contributed by atoms with Gasteiger partial charge in [0.2, 0.25) is 5.89 Å². The Morgan fingerprint density at radius 3 is 2.39 bits per heavy atom. The van der Waals surface area contributed by atoms with Gasteiger partial charge in [-0.1, -0.05) is 61.9 Å². The molecule has 0 aliphatic rings. The zero-order valence-electron chi connectivity index (χ0n) is 17.5. The van der Waals surface area contributed by atoms with E-state index in [4.69, 9.17) is 9.15 Å². The van der Waals surface area contributed by atoms with Gasteiger partial charge in [0.25, 0.3) is 5.91 Å². The van der Waals surface area contributed by atoms with Crippen molar-refractivity contribution in [2.75, 3.05) is 0 Å². The van der Waals surface area contributed by atoms with Crippen molar-refractivity contribution in [3.05, 3.63) is 76.8 Å². The van der Waals surface area contributed by atoms with Crippen molar-refractivity contribution in [3.8, 4) is 11.5 Å². The lowest BCUT2D eigenvalue weighted by molar-refractivity contribution is -0.155. The molecule has 162 valence electrons. The van der Waals surface area contributed by atoms with E-state index in [0.29, 0.717) is 5.56 Å². The van der Waals surface area contributed by atoms with Crippen LogP contribution in [0.25, 0.3) is 11.5 Å². The number of amides is 1. The van der Waals surface area contributed by atoms with Crippen molar-refractivity contribution in [1.82, 2.24) is 15.1 Å². The molecule has 1 N–H and O–H groups in total. The number of rotatable bonds is 9. The second-order valence-corrected chi connectivity index (χ2v) is 7.09. The molecule has 0 radical (unpaired) electrons. The lowest BCUT2D eigenvalue weighted by atomic mass is 10.0. The van der Waals surface area contributed by atoms with Crippen LogP contribution in [0.3, 0.4) is 0 Å². The fraction of sp³-hybridized carbons (Fsp3) is 0.304. The quantitative estimate of drug-likeness (QED) is 0.531. The van der Waals surface area contributed by atoms with Crippen molar-refractivity contribution < 1.29 is 18.7 Å². The van der Waals surface area contributed by atoms with Crippen LogP contribution in [0, 0.1) is 0 Å². The second-order valence-electron chi connectivity index (χ2n) is 7.09. The van der Waals surface area contributed by atoms with Gasteiger partial charge in [-0.05, 0) is 31.0 Å². The summed E-state index contributed by atoms with van der Waals surface area (Å²) in [6, 6.07) is 18.3. The number of hydrogen-bond donors (Lipinski definition) is 1. The molecule has 3 aromatic rings. The molecule has 2 aromatic carbocycles. The van der Waals surface area contributed by atoms with E-state index in [1.54, 1.807) is 24.3 Å². The zero-order valence-corrected chi connectivity index (χ0v) is 17.5. The Labute approximate surface area is 179 Å². The molecule has 1 amide bonds. The van der Waals surface area contributed by atoms with Crippen LogP contribution in [0.15, 0.2) is 69.9 Å². The molecule has 8 nitrogen and oxygen atoms in total. The van der Waals surface area contributed by atoms with Crippen molar-refractivity contribution in [2.45, 2.75) is 45.4 Å². The Morgan fingerprint density at radius 2 is 1.74 bits per heavy atom. The molecule has 2 atom stereocenters. The summed E-state index contributed by atoms with van der Waals surface area (Å²) in [6.45, 7) is 3.07. The molecule has 0 saturated heterocycles. The monoisotopic (exact) mass is 423 g/mol. The van der Waals surface area contributed by atoms with Gasteiger partial charge in [-0.15, -0.1) is 5.10 Å². The Balaban J connectivity index is 1.59. The van der Waals surface area contributed by atoms with E-state index in [2.05, 4.69) is 10.4 Å². The van der Waals surface area contributed by atoms with Crippen LogP contribution in [0.2, 0.25) is 0 Å². The highest BCUT2D eigenvalue weighted by Gasteiger charge is 2.23. The third-order valence-electron chi connectivity index (χ3n) is 4.68. The van der Waals surface area contributed by atoms with E-state index < -0.39 is 30.3 Å². The summed E-state index contributed by atoms with van der Waals surface area (Å²) in [7, 11) is 0. The largest absolute Gasteiger partial charge is 0.451 e. The summed E-state index contributed by atoms with van der Waals surface area (Å²) in [4.78, 5) is 36.8. The van der Waals surface area contributed by atoms with Gasteiger partial charge in [0.05, 0.1) is 6.04 Å². The maximum atomic E-state index is 12.6. The molecule has 0 bridgehead atoms. The molecule has 0 aliphatic carbocycles. The highest BCUT2D eigenvalue weighted by atomic mass is 16.5. The molecular weight excluding hydrogens is 398 g/mol. The smallest absolute Gasteiger partial charge is 0.437 e. The van der Waals surface area contributed by atoms with Gasteiger partial charge < -0.3 is 14.5 Å². The molecule has 0 fully saturated rings. The van der Waals surface area contributed by atoms with Crippen LogP contribution in [-0.2, 0) is 20.9 Å². The standard InChI is InChI=1S/C23H25N3O5/c1-3-10-19(17-11-6-4-7-12-17)24-21(28)16(2)30-20(27)15-26-23(29)31-22(25-26)18-13-8-5-9-14-18/h4-9,11-14,16,19H,3,10,15H2,1-2H3,(H,24,28)/t16-,19+/m1/s1. The van der Waals surface area contributed by atoms with Crippen LogP contribution in [-0.4, -0.2) is 27.8 Å². The summed E-state index contributed by atoms with van der Waals surface area (Å²) in [5.74, 6) is -1.84. The fourth-order valence-electron chi connectivity index (χ4n) is 3.10. The number of nitrogens with one attached hydrogen (secondary N) is 1. The van der Waals surface area contributed by atoms with Gasteiger partial charge in [-0.2, -0.15) is 4.68 Å². The average molecular weight is 423 g/mol. The first kappa shape index (κ1) is 22.0. The van der Waals surface area contributed by atoms with E-state index in [1.807, 2.05) is 43.3 Å². The molecule has 8 heteroatoms. The Morgan fingerprint density at radius 1 is 1.10 bits per heavy atom. The molecule has 1 heterocycles. The van der Waals surface area contributed by atoms with E-state index in [9.17, 15) is 14.4 Å². The first-order valence-electron chi connectivity index (χ1n) is 10.2. The summed E-state index contributed by atoms with van der Waals surface area (Å²) in [6.07, 6.45) is 0.617. The maximum Gasteiger partial charge on any atom is 0.437 e. The molecule has 1 aromatic heterocycles. The van der Waals surface area contributed by atoms with E-state index in [-0.39, 0.29) is 11.9 Å². The third-order valence-corrected chi connectivity index (χ3v) is 4.68. The van der Waals surface area contributed by atoms with Crippen molar-refractivity contribution in [3.63, 3.8) is 0 Å². The number of nitrogens with zero attached hydrogens (tertiary/aromatic N) is 2. The van der Waals surface area contributed by atoms with Gasteiger partial charge >= 0.3 is 11.7 Å². The lowest BCUT2D eigenvalue weighted by Crippen LogP contribution is -2.39. The predicted octanol–water partition coefficient (Wildman–Crippen LogP) is 3.09. The SMILES string of the molecule is CCC[C@H](NC(=O)[C@@H](C)OC(=O)Cn1nc(-c2ccccc2)oc1=O)c1ccccc1.